The second-order valence-corrected chi connectivity index (χ2v) is 7.06. The first-order valence-electron chi connectivity index (χ1n) is 7.57. The van der Waals surface area contributed by atoms with Crippen molar-refractivity contribution in [2.75, 3.05) is 0 Å². The van der Waals surface area contributed by atoms with Gasteiger partial charge in [0.05, 0.1) is 6.61 Å². The van der Waals surface area contributed by atoms with Gasteiger partial charge in [0.15, 0.2) is 0 Å². The summed E-state index contributed by atoms with van der Waals surface area (Å²) >= 11 is 0. The van der Waals surface area contributed by atoms with Gasteiger partial charge < -0.3 is 9.67 Å². The quantitative estimate of drug-likeness (QED) is 0.922. The number of hydrogen-bond acceptors (Lipinski definition) is 2. The van der Waals surface area contributed by atoms with Crippen LogP contribution in [0.4, 0.5) is 0 Å². The molecule has 3 heteroatoms. The fraction of sp³-hybridized carbons (Fsp3) is 0.421. The summed E-state index contributed by atoms with van der Waals surface area (Å²) in [5.74, 6) is 0. The summed E-state index contributed by atoms with van der Waals surface area (Å²) in [6.45, 7) is 10.4. The number of benzene rings is 1. The third-order valence-corrected chi connectivity index (χ3v) is 4.10. The van der Waals surface area contributed by atoms with Gasteiger partial charge in [-0.3, -0.25) is 4.79 Å². The Bertz CT molecular complexity index is 738. The first-order valence-corrected chi connectivity index (χ1v) is 7.57. The summed E-state index contributed by atoms with van der Waals surface area (Å²) in [6.07, 6.45) is 1.83. The second-order valence-electron chi connectivity index (χ2n) is 7.06. The Labute approximate surface area is 132 Å². The van der Waals surface area contributed by atoms with E-state index in [1.807, 2.05) is 19.2 Å². The molecule has 0 radical (unpaired) electrons. The molecule has 118 valence electrons. The molecule has 0 amide bonds. The van der Waals surface area contributed by atoms with Crippen molar-refractivity contribution >= 4 is 0 Å². The molecular weight excluding hydrogens is 274 g/mol. The largest absolute Gasteiger partial charge is 0.392 e. The van der Waals surface area contributed by atoms with Gasteiger partial charge in [-0.05, 0) is 53.1 Å². The molecule has 0 unspecified atom stereocenters. The van der Waals surface area contributed by atoms with Gasteiger partial charge in [0, 0.05) is 18.8 Å². The van der Waals surface area contributed by atoms with Crippen molar-refractivity contribution in [3.8, 4) is 11.1 Å². The summed E-state index contributed by atoms with van der Waals surface area (Å²) in [5.41, 5.74) is 6.05. The molecular formula is C19H25NO2. The lowest BCUT2D eigenvalue weighted by molar-refractivity contribution is 0.282. The van der Waals surface area contributed by atoms with Crippen LogP contribution in [0.1, 0.15) is 43.0 Å². The summed E-state index contributed by atoms with van der Waals surface area (Å²) in [6, 6.07) is 6.10. The van der Waals surface area contributed by atoms with Crippen LogP contribution >= 0.6 is 0 Å². The number of nitrogens with zero attached hydrogens (tertiary/aromatic N) is 1. The normalized spacial score (nSPS) is 11.8. The number of hydrogen-bond donors (Lipinski definition) is 1. The van der Waals surface area contributed by atoms with Crippen molar-refractivity contribution < 1.29 is 5.11 Å². The standard InChI is InChI=1S/C19H25NO2/c1-12-8-16(14-7-13(2)18(22)20(6)10-14)15(11-21)9-17(12)19(3,4)5/h7-10,21H,11H2,1-6H3. The van der Waals surface area contributed by atoms with Crippen molar-refractivity contribution in [3.63, 3.8) is 0 Å². The lowest BCUT2D eigenvalue weighted by Gasteiger charge is -2.24. The Morgan fingerprint density at radius 1 is 1.09 bits per heavy atom. The van der Waals surface area contributed by atoms with Gasteiger partial charge in [-0.1, -0.05) is 32.9 Å². The van der Waals surface area contributed by atoms with E-state index in [4.69, 9.17) is 0 Å². The third-order valence-electron chi connectivity index (χ3n) is 4.10. The number of aryl methyl sites for hydroxylation is 3. The summed E-state index contributed by atoms with van der Waals surface area (Å²) in [5, 5.41) is 9.79. The number of aliphatic hydroxyl groups is 1. The van der Waals surface area contributed by atoms with Gasteiger partial charge in [-0.2, -0.15) is 0 Å². The number of rotatable bonds is 2. The van der Waals surface area contributed by atoms with Gasteiger partial charge in [-0.25, -0.2) is 0 Å². The number of aliphatic hydroxyl groups excluding tert-OH is 1. The Morgan fingerprint density at radius 2 is 1.73 bits per heavy atom. The average Bonchev–Trinajstić information content (AvgIpc) is 2.42. The molecule has 22 heavy (non-hydrogen) atoms. The molecule has 0 atom stereocenters. The maximum absolute atomic E-state index is 11.9. The van der Waals surface area contributed by atoms with E-state index in [-0.39, 0.29) is 17.6 Å². The smallest absolute Gasteiger partial charge is 0.253 e. The average molecular weight is 299 g/mol. The fourth-order valence-corrected chi connectivity index (χ4v) is 2.99. The van der Waals surface area contributed by atoms with Crippen LogP contribution in [0.2, 0.25) is 0 Å². The van der Waals surface area contributed by atoms with E-state index in [2.05, 4.69) is 39.8 Å². The molecule has 1 aromatic heterocycles. The lowest BCUT2D eigenvalue weighted by atomic mass is 9.81. The molecule has 0 fully saturated rings. The SMILES string of the molecule is Cc1cc(-c2cc(C)c(=O)n(C)c2)c(CO)cc1C(C)(C)C. The molecule has 1 aromatic carbocycles. The molecule has 0 saturated heterocycles. The number of aromatic nitrogens is 1. The van der Waals surface area contributed by atoms with Crippen LogP contribution in [-0.2, 0) is 19.1 Å². The summed E-state index contributed by atoms with van der Waals surface area (Å²) in [7, 11) is 1.76. The Kier molecular flexibility index (Phi) is 4.30. The molecule has 1 heterocycles. The van der Waals surface area contributed by atoms with E-state index >= 15 is 0 Å². The zero-order valence-electron chi connectivity index (χ0n) is 14.3. The van der Waals surface area contributed by atoms with Gasteiger partial charge in [-0.15, -0.1) is 0 Å². The Balaban J connectivity index is 2.71. The van der Waals surface area contributed by atoms with Crippen LogP contribution in [0.5, 0.6) is 0 Å². The first-order chi connectivity index (χ1) is 10.1. The predicted octanol–water partition coefficient (Wildman–Crippen LogP) is 3.46. The molecule has 1 N–H and O–H groups in total. The van der Waals surface area contributed by atoms with E-state index in [0.29, 0.717) is 5.56 Å². The maximum Gasteiger partial charge on any atom is 0.253 e. The van der Waals surface area contributed by atoms with E-state index in [0.717, 1.165) is 16.7 Å². The Morgan fingerprint density at radius 3 is 2.23 bits per heavy atom. The maximum atomic E-state index is 11.9. The van der Waals surface area contributed by atoms with Gasteiger partial charge in [0.25, 0.3) is 5.56 Å². The van der Waals surface area contributed by atoms with Crippen LogP contribution in [-0.4, -0.2) is 9.67 Å². The zero-order valence-corrected chi connectivity index (χ0v) is 14.3. The van der Waals surface area contributed by atoms with Crippen LogP contribution in [0.3, 0.4) is 0 Å². The minimum atomic E-state index is -0.0133. The topological polar surface area (TPSA) is 42.2 Å². The zero-order chi connectivity index (χ0) is 16.7. The molecule has 0 bridgehead atoms. The molecule has 0 aliphatic carbocycles. The molecule has 2 aromatic rings. The van der Waals surface area contributed by atoms with Crippen molar-refractivity contribution in [3.05, 3.63) is 57.0 Å². The molecule has 3 nitrogen and oxygen atoms in total. The summed E-state index contributed by atoms with van der Waals surface area (Å²) in [4.78, 5) is 11.9. The van der Waals surface area contributed by atoms with E-state index in [1.54, 1.807) is 11.6 Å². The fourth-order valence-electron chi connectivity index (χ4n) is 2.99. The van der Waals surface area contributed by atoms with Gasteiger partial charge >= 0.3 is 0 Å². The highest BCUT2D eigenvalue weighted by Crippen LogP contribution is 2.32. The van der Waals surface area contributed by atoms with E-state index in [9.17, 15) is 9.90 Å². The lowest BCUT2D eigenvalue weighted by Crippen LogP contribution is -2.18. The van der Waals surface area contributed by atoms with Crippen LogP contribution in [0.15, 0.2) is 29.2 Å². The molecule has 0 saturated carbocycles. The predicted molar refractivity (Wildman–Crippen MR) is 91.2 cm³/mol. The van der Waals surface area contributed by atoms with Crippen molar-refractivity contribution in [2.24, 2.45) is 7.05 Å². The van der Waals surface area contributed by atoms with Crippen LogP contribution in [0.25, 0.3) is 11.1 Å². The highest BCUT2D eigenvalue weighted by atomic mass is 16.3. The molecule has 0 spiro atoms. The number of pyridine rings is 1. The highest BCUT2D eigenvalue weighted by molar-refractivity contribution is 5.69. The van der Waals surface area contributed by atoms with Gasteiger partial charge in [0.1, 0.15) is 0 Å². The molecule has 0 aliphatic heterocycles. The van der Waals surface area contributed by atoms with E-state index in [1.165, 1.54) is 11.1 Å². The molecule has 2 rings (SSSR count). The Hall–Kier alpha value is -1.87. The van der Waals surface area contributed by atoms with E-state index < -0.39 is 0 Å². The minimum Gasteiger partial charge on any atom is -0.392 e. The minimum absolute atomic E-state index is 0.0114. The first kappa shape index (κ1) is 16.5. The highest BCUT2D eigenvalue weighted by Gasteiger charge is 2.19. The summed E-state index contributed by atoms with van der Waals surface area (Å²) < 4.78 is 1.60. The van der Waals surface area contributed by atoms with Crippen LogP contribution in [0, 0.1) is 13.8 Å². The van der Waals surface area contributed by atoms with Crippen molar-refractivity contribution in [1.29, 1.82) is 0 Å². The molecule has 0 aliphatic rings. The second kappa shape index (κ2) is 5.73. The van der Waals surface area contributed by atoms with Crippen LogP contribution < -0.4 is 5.56 Å². The third kappa shape index (κ3) is 3.00. The van der Waals surface area contributed by atoms with Gasteiger partial charge in [0.2, 0.25) is 0 Å². The monoisotopic (exact) mass is 299 g/mol. The van der Waals surface area contributed by atoms with Crippen molar-refractivity contribution in [1.82, 2.24) is 4.57 Å². The van der Waals surface area contributed by atoms with Crippen molar-refractivity contribution in [2.45, 2.75) is 46.6 Å².